The molecule has 0 aromatic heterocycles. The minimum Gasteiger partial charge on any atom is -0.433 e. The highest BCUT2D eigenvalue weighted by Crippen LogP contribution is 2.25. The van der Waals surface area contributed by atoms with Gasteiger partial charge in [-0.05, 0) is 37.5 Å². The van der Waals surface area contributed by atoms with E-state index in [-0.39, 0.29) is 44.9 Å². The maximum Gasteiger partial charge on any atom is 0.358 e. The van der Waals surface area contributed by atoms with Crippen molar-refractivity contribution in [2.45, 2.75) is 57.6 Å². The summed E-state index contributed by atoms with van der Waals surface area (Å²) in [4.78, 5) is 65.0. The average Bonchev–Trinajstić information content (AvgIpc) is 3.26. The molecule has 12 heteroatoms. The lowest BCUT2D eigenvalue weighted by atomic mass is 10.1. The summed E-state index contributed by atoms with van der Waals surface area (Å²) in [5, 5.41) is 6.25. The Morgan fingerprint density at radius 2 is 1.77 bits per heavy atom. The summed E-state index contributed by atoms with van der Waals surface area (Å²) in [6.07, 6.45) is -0.323. The summed E-state index contributed by atoms with van der Waals surface area (Å²) < 4.78 is 11.1. The van der Waals surface area contributed by atoms with Crippen molar-refractivity contribution in [3.8, 4) is 0 Å². The SMILES string of the molecule is Cc1ccc(C(=O)NN2CCC(=O)N3CCC[C@@H](C(=O)N[C@H]4CC(=O)OC4OCc4ccccc4)N3C2=O)cc1. The number of hydrazine groups is 2. The van der Waals surface area contributed by atoms with Crippen molar-refractivity contribution in [3.63, 3.8) is 0 Å². The van der Waals surface area contributed by atoms with Gasteiger partial charge in [-0.1, -0.05) is 48.0 Å². The van der Waals surface area contributed by atoms with Crippen molar-refractivity contribution in [1.82, 2.24) is 25.8 Å². The van der Waals surface area contributed by atoms with Crippen LogP contribution in [-0.2, 0) is 30.5 Å². The quantitative estimate of drug-likeness (QED) is 0.501. The third kappa shape index (κ3) is 5.91. The topological polar surface area (TPSA) is 138 Å². The Labute approximate surface area is 231 Å². The number of nitrogens with zero attached hydrogens (tertiary/aromatic N) is 3. The second-order valence-electron chi connectivity index (χ2n) is 9.98. The third-order valence-electron chi connectivity index (χ3n) is 7.07. The molecule has 3 heterocycles. The van der Waals surface area contributed by atoms with Gasteiger partial charge in [0.25, 0.3) is 5.91 Å². The molecule has 2 aromatic carbocycles. The number of ether oxygens (including phenoxy) is 2. The van der Waals surface area contributed by atoms with Crippen LogP contribution in [0.1, 0.15) is 47.2 Å². The van der Waals surface area contributed by atoms with Crippen LogP contribution >= 0.6 is 0 Å². The zero-order valence-corrected chi connectivity index (χ0v) is 22.1. The van der Waals surface area contributed by atoms with Crippen molar-refractivity contribution in [2.75, 3.05) is 13.1 Å². The van der Waals surface area contributed by atoms with Gasteiger partial charge in [0.1, 0.15) is 12.1 Å². The molecule has 3 saturated heterocycles. The normalized spacial score (nSPS) is 22.9. The van der Waals surface area contributed by atoms with Gasteiger partial charge in [0, 0.05) is 18.5 Å². The Morgan fingerprint density at radius 3 is 2.52 bits per heavy atom. The van der Waals surface area contributed by atoms with E-state index in [2.05, 4.69) is 10.7 Å². The van der Waals surface area contributed by atoms with E-state index in [1.54, 1.807) is 24.3 Å². The number of urea groups is 1. The molecule has 5 amide bonds. The van der Waals surface area contributed by atoms with E-state index >= 15 is 0 Å². The van der Waals surface area contributed by atoms with E-state index in [1.807, 2.05) is 37.3 Å². The van der Waals surface area contributed by atoms with Gasteiger partial charge in [0.2, 0.25) is 18.1 Å². The van der Waals surface area contributed by atoms with Crippen molar-refractivity contribution in [1.29, 1.82) is 0 Å². The first kappa shape index (κ1) is 27.1. The first-order chi connectivity index (χ1) is 19.3. The van der Waals surface area contributed by atoms with Crippen LogP contribution in [0.25, 0.3) is 0 Å². The van der Waals surface area contributed by atoms with Gasteiger partial charge in [-0.15, -0.1) is 0 Å². The molecule has 0 saturated carbocycles. The van der Waals surface area contributed by atoms with Crippen LogP contribution in [0.15, 0.2) is 54.6 Å². The molecule has 3 fully saturated rings. The molecule has 40 heavy (non-hydrogen) atoms. The summed E-state index contributed by atoms with van der Waals surface area (Å²) in [5.74, 6) is -1.90. The van der Waals surface area contributed by atoms with Gasteiger partial charge >= 0.3 is 12.0 Å². The number of nitrogens with one attached hydrogen (secondary N) is 2. The van der Waals surface area contributed by atoms with Crippen LogP contribution in [0.2, 0.25) is 0 Å². The fourth-order valence-corrected chi connectivity index (χ4v) is 4.94. The number of carbonyl (C=O) groups excluding carboxylic acids is 5. The monoisotopic (exact) mass is 549 g/mol. The van der Waals surface area contributed by atoms with Crippen molar-refractivity contribution < 1.29 is 33.4 Å². The Kier molecular flexibility index (Phi) is 7.96. The van der Waals surface area contributed by atoms with Gasteiger partial charge in [-0.25, -0.2) is 19.8 Å². The molecule has 0 spiro atoms. The minimum atomic E-state index is -1.03. The predicted octanol–water partition coefficient (Wildman–Crippen LogP) is 1.65. The number of esters is 1. The van der Waals surface area contributed by atoms with Crippen LogP contribution in [0, 0.1) is 6.92 Å². The molecule has 210 valence electrons. The van der Waals surface area contributed by atoms with Crippen molar-refractivity contribution >= 4 is 29.7 Å². The number of hydrogen-bond acceptors (Lipinski definition) is 7. The molecule has 2 aromatic rings. The number of rotatable bonds is 7. The van der Waals surface area contributed by atoms with E-state index in [9.17, 15) is 24.0 Å². The lowest BCUT2D eigenvalue weighted by Gasteiger charge is -2.43. The first-order valence-corrected chi connectivity index (χ1v) is 13.2. The number of aryl methyl sites for hydroxylation is 1. The molecular weight excluding hydrogens is 518 g/mol. The van der Waals surface area contributed by atoms with E-state index in [4.69, 9.17) is 9.47 Å². The van der Waals surface area contributed by atoms with Crippen LogP contribution in [-0.4, -0.2) is 76.2 Å². The third-order valence-corrected chi connectivity index (χ3v) is 7.07. The number of amides is 5. The predicted molar refractivity (Wildman–Crippen MR) is 140 cm³/mol. The number of benzene rings is 2. The first-order valence-electron chi connectivity index (χ1n) is 13.2. The second kappa shape index (κ2) is 11.7. The minimum absolute atomic E-state index is 0.0227. The number of cyclic esters (lactones) is 1. The van der Waals surface area contributed by atoms with Crippen LogP contribution in [0.3, 0.4) is 0 Å². The summed E-state index contributed by atoms with van der Waals surface area (Å²) >= 11 is 0. The molecule has 5 rings (SSSR count). The van der Waals surface area contributed by atoms with Gasteiger partial charge in [0.05, 0.1) is 19.6 Å². The van der Waals surface area contributed by atoms with Crippen molar-refractivity contribution in [3.05, 3.63) is 71.3 Å². The van der Waals surface area contributed by atoms with E-state index in [1.165, 1.54) is 5.01 Å². The van der Waals surface area contributed by atoms with Gasteiger partial charge in [-0.3, -0.25) is 24.6 Å². The average molecular weight is 550 g/mol. The summed E-state index contributed by atoms with van der Waals surface area (Å²) in [6, 6.07) is 13.7. The summed E-state index contributed by atoms with van der Waals surface area (Å²) in [6.45, 7) is 2.29. The number of fused-ring (bicyclic) bond motifs is 1. The standard InChI is InChI=1S/C28H31N5O7/c1-18-9-11-20(12-10-18)25(36)30-31-15-13-23(34)32-14-5-8-22(33(32)28(31)38)26(37)29-21-16-24(35)40-27(21)39-17-19-6-3-2-4-7-19/h2-4,6-7,9-12,21-22,27H,5,8,13-17H2,1H3,(H,29,37)(H,30,36)/t21-,22-,27?/m0/s1. The Balaban J connectivity index is 1.29. The fourth-order valence-electron chi connectivity index (χ4n) is 4.94. The molecule has 0 aliphatic carbocycles. The molecule has 0 radical (unpaired) electrons. The summed E-state index contributed by atoms with van der Waals surface area (Å²) in [7, 11) is 0. The van der Waals surface area contributed by atoms with E-state index in [0.29, 0.717) is 12.0 Å². The highest BCUT2D eigenvalue weighted by molar-refractivity contribution is 5.96. The zero-order chi connectivity index (χ0) is 28.2. The van der Waals surface area contributed by atoms with Gasteiger partial charge in [0.15, 0.2) is 0 Å². The molecular formula is C28H31N5O7. The van der Waals surface area contributed by atoms with Crippen LogP contribution in [0.5, 0.6) is 0 Å². The Morgan fingerprint density at radius 1 is 1.02 bits per heavy atom. The molecule has 3 aliphatic rings. The number of hydrogen-bond donors (Lipinski definition) is 2. The van der Waals surface area contributed by atoms with Crippen molar-refractivity contribution in [2.24, 2.45) is 0 Å². The fraction of sp³-hybridized carbons (Fsp3) is 0.393. The number of carbonyl (C=O) groups is 5. The van der Waals surface area contributed by atoms with Gasteiger partial charge in [-0.2, -0.15) is 0 Å². The van der Waals surface area contributed by atoms with E-state index < -0.39 is 42.2 Å². The van der Waals surface area contributed by atoms with Gasteiger partial charge < -0.3 is 14.8 Å². The Hall–Kier alpha value is -4.45. The Bertz CT molecular complexity index is 1290. The largest absolute Gasteiger partial charge is 0.433 e. The second-order valence-corrected chi connectivity index (χ2v) is 9.98. The summed E-state index contributed by atoms with van der Waals surface area (Å²) in [5.41, 5.74) is 4.79. The molecule has 3 atom stereocenters. The molecule has 0 bridgehead atoms. The highest BCUT2D eigenvalue weighted by Gasteiger charge is 2.46. The lowest BCUT2D eigenvalue weighted by Crippen LogP contribution is -2.65. The zero-order valence-electron chi connectivity index (χ0n) is 22.1. The van der Waals surface area contributed by atoms with Crippen LogP contribution in [0.4, 0.5) is 4.79 Å². The lowest BCUT2D eigenvalue weighted by molar-refractivity contribution is -0.169. The van der Waals surface area contributed by atoms with Crippen LogP contribution < -0.4 is 10.7 Å². The smallest absolute Gasteiger partial charge is 0.358 e. The molecule has 3 aliphatic heterocycles. The molecule has 1 unspecified atom stereocenters. The maximum atomic E-state index is 13.6. The molecule has 12 nitrogen and oxygen atoms in total. The molecule has 2 N–H and O–H groups in total. The maximum absolute atomic E-state index is 13.6. The van der Waals surface area contributed by atoms with E-state index in [0.717, 1.165) is 21.1 Å². The highest BCUT2D eigenvalue weighted by atomic mass is 16.7.